The van der Waals surface area contributed by atoms with Crippen molar-refractivity contribution in [2.24, 2.45) is 5.10 Å². The average Bonchev–Trinajstić information content (AvgIpc) is 3.80. The number of hydrogen-bond donors (Lipinski definition) is 1. The minimum absolute atomic E-state index is 0.0192. The van der Waals surface area contributed by atoms with Crippen LogP contribution in [0.5, 0.6) is 0 Å². The molecule has 0 aliphatic carbocycles. The Balaban J connectivity index is 1.23. The average molecular weight is 615 g/mol. The van der Waals surface area contributed by atoms with Gasteiger partial charge in [-0.3, -0.25) is 14.2 Å². The van der Waals surface area contributed by atoms with Crippen molar-refractivity contribution in [3.8, 4) is 5.69 Å². The molecule has 6 rings (SSSR count). The van der Waals surface area contributed by atoms with E-state index in [1.807, 2.05) is 23.6 Å². The lowest BCUT2D eigenvalue weighted by molar-refractivity contribution is -0.130. The molecule has 43 heavy (non-hydrogen) atoms. The van der Waals surface area contributed by atoms with Crippen molar-refractivity contribution < 1.29 is 18.4 Å². The predicted octanol–water partition coefficient (Wildman–Crippen LogP) is 6.01. The molecule has 0 fully saturated rings. The van der Waals surface area contributed by atoms with E-state index in [4.69, 9.17) is 0 Å². The molecule has 1 atom stereocenters. The monoisotopic (exact) mass is 614 g/mol. The fourth-order valence-corrected chi connectivity index (χ4v) is 6.22. The van der Waals surface area contributed by atoms with Gasteiger partial charge in [-0.25, -0.2) is 13.8 Å². The third-order valence-corrected chi connectivity index (χ3v) is 8.61. The first-order valence-corrected chi connectivity index (χ1v) is 15.2. The first-order chi connectivity index (χ1) is 21.0. The van der Waals surface area contributed by atoms with Gasteiger partial charge in [-0.1, -0.05) is 48.2 Å². The van der Waals surface area contributed by atoms with E-state index in [2.05, 4.69) is 20.6 Å². The third kappa shape index (κ3) is 6.40. The molecule has 0 spiro atoms. The van der Waals surface area contributed by atoms with Crippen LogP contribution in [0.2, 0.25) is 0 Å². The molecule has 5 aromatic rings. The van der Waals surface area contributed by atoms with Crippen molar-refractivity contribution >= 4 is 40.6 Å². The minimum atomic E-state index is -0.402. The van der Waals surface area contributed by atoms with Crippen molar-refractivity contribution in [1.29, 1.82) is 0 Å². The van der Waals surface area contributed by atoms with Gasteiger partial charge < -0.3 is 5.32 Å². The summed E-state index contributed by atoms with van der Waals surface area (Å²) < 4.78 is 29.1. The van der Waals surface area contributed by atoms with E-state index in [1.54, 1.807) is 64.4 Å². The molecule has 216 valence electrons. The summed E-state index contributed by atoms with van der Waals surface area (Å²) in [6.45, 7) is 0.0554. The highest BCUT2D eigenvalue weighted by atomic mass is 32.2. The van der Waals surface area contributed by atoms with E-state index in [9.17, 15) is 18.4 Å². The van der Waals surface area contributed by atoms with Gasteiger partial charge >= 0.3 is 0 Å². The standard InChI is InChI=1S/C31H24F2N6O2S2/c32-22-10-8-20(9-11-22)26-17-25(27-7-4-16-42-27)37-39(26)29(40)19-43-31-36-35-28(38(31)24-14-12-23(33)13-15-24)18-34-30(41)21-5-2-1-3-6-21/h1-16,26H,17-19H2,(H,34,41)/t26-/m1/s1. The van der Waals surface area contributed by atoms with Gasteiger partial charge in [0.1, 0.15) is 11.6 Å². The molecular formula is C31H24F2N6O2S2. The largest absolute Gasteiger partial charge is 0.345 e. The fraction of sp³-hybridized carbons (Fsp3) is 0.129. The van der Waals surface area contributed by atoms with Gasteiger partial charge in [0.15, 0.2) is 11.0 Å². The van der Waals surface area contributed by atoms with Crippen LogP contribution in [0.4, 0.5) is 8.78 Å². The molecule has 0 radical (unpaired) electrons. The Morgan fingerprint density at radius 2 is 1.63 bits per heavy atom. The van der Waals surface area contributed by atoms with Gasteiger partial charge in [-0.15, -0.1) is 21.5 Å². The van der Waals surface area contributed by atoms with E-state index >= 15 is 0 Å². The van der Waals surface area contributed by atoms with Gasteiger partial charge in [0, 0.05) is 17.7 Å². The quantitative estimate of drug-likeness (QED) is 0.206. The number of thiophene rings is 1. The number of hydrazone groups is 1. The molecule has 1 aliphatic rings. The number of rotatable bonds is 9. The summed E-state index contributed by atoms with van der Waals surface area (Å²) in [7, 11) is 0. The van der Waals surface area contributed by atoms with Crippen molar-refractivity contribution in [1.82, 2.24) is 25.1 Å². The Bertz CT molecular complexity index is 1760. The zero-order valence-electron chi connectivity index (χ0n) is 22.6. The summed E-state index contributed by atoms with van der Waals surface area (Å²) >= 11 is 2.70. The van der Waals surface area contributed by atoms with Crippen LogP contribution in [-0.4, -0.2) is 43.1 Å². The number of benzene rings is 3. The van der Waals surface area contributed by atoms with Crippen molar-refractivity contribution in [3.05, 3.63) is 130 Å². The fourth-order valence-electron chi connectivity index (χ4n) is 4.68. The van der Waals surface area contributed by atoms with E-state index in [-0.39, 0.29) is 36.0 Å². The van der Waals surface area contributed by atoms with Gasteiger partial charge in [-0.2, -0.15) is 5.10 Å². The number of aromatic nitrogens is 3. The number of carbonyl (C=O) groups is 2. The number of amides is 2. The number of hydrogen-bond acceptors (Lipinski definition) is 7. The highest BCUT2D eigenvalue weighted by Gasteiger charge is 2.33. The predicted molar refractivity (Wildman–Crippen MR) is 161 cm³/mol. The van der Waals surface area contributed by atoms with Crippen LogP contribution in [-0.2, 0) is 11.3 Å². The van der Waals surface area contributed by atoms with Gasteiger partial charge in [-0.05, 0) is 65.5 Å². The molecule has 1 N–H and O–H groups in total. The zero-order chi connectivity index (χ0) is 29.8. The van der Waals surface area contributed by atoms with Crippen molar-refractivity contribution in [2.45, 2.75) is 24.2 Å². The van der Waals surface area contributed by atoms with Crippen LogP contribution in [0.15, 0.2) is 107 Å². The summed E-state index contributed by atoms with van der Waals surface area (Å²) in [5, 5.41) is 19.9. The van der Waals surface area contributed by atoms with Crippen LogP contribution < -0.4 is 5.32 Å². The topological polar surface area (TPSA) is 92.5 Å². The molecule has 8 nitrogen and oxygen atoms in total. The smallest absolute Gasteiger partial charge is 0.253 e. The molecule has 0 saturated carbocycles. The van der Waals surface area contributed by atoms with E-state index < -0.39 is 5.82 Å². The summed E-state index contributed by atoms with van der Waals surface area (Å²) in [5.41, 5.74) is 2.64. The Hall–Kier alpha value is -4.68. The molecule has 2 aromatic heterocycles. The molecule has 1 aliphatic heterocycles. The maximum absolute atomic E-state index is 13.7. The first-order valence-electron chi connectivity index (χ1n) is 13.3. The number of halogens is 2. The summed E-state index contributed by atoms with van der Waals surface area (Å²) in [6.07, 6.45) is 0.500. The summed E-state index contributed by atoms with van der Waals surface area (Å²) in [4.78, 5) is 27.2. The number of thioether (sulfide) groups is 1. The zero-order valence-corrected chi connectivity index (χ0v) is 24.2. The second-order valence-electron chi connectivity index (χ2n) is 9.58. The molecule has 12 heteroatoms. The lowest BCUT2D eigenvalue weighted by atomic mass is 10.0. The third-order valence-electron chi connectivity index (χ3n) is 6.78. The molecule has 2 amide bonds. The summed E-state index contributed by atoms with van der Waals surface area (Å²) in [6, 6.07) is 24.2. The second kappa shape index (κ2) is 12.7. The van der Waals surface area contributed by atoms with E-state index in [1.165, 1.54) is 29.3 Å². The Labute approximate surface area is 254 Å². The van der Waals surface area contributed by atoms with Crippen LogP contribution in [0.25, 0.3) is 5.69 Å². The van der Waals surface area contributed by atoms with Gasteiger partial charge in [0.2, 0.25) is 0 Å². The van der Waals surface area contributed by atoms with E-state index in [0.29, 0.717) is 28.7 Å². The Morgan fingerprint density at radius 1 is 0.907 bits per heavy atom. The lowest BCUT2D eigenvalue weighted by Gasteiger charge is -2.22. The van der Waals surface area contributed by atoms with Crippen LogP contribution in [0.3, 0.4) is 0 Å². The first kappa shape index (κ1) is 28.4. The maximum atomic E-state index is 13.7. The molecule has 3 heterocycles. The van der Waals surface area contributed by atoms with Gasteiger partial charge in [0.25, 0.3) is 11.8 Å². The van der Waals surface area contributed by atoms with Crippen LogP contribution in [0, 0.1) is 11.6 Å². The number of carbonyl (C=O) groups excluding carboxylic acids is 2. The second-order valence-corrected chi connectivity index (χ2v) is 11.5. The lowest BCUT2D eigenvalue weighted by Crippen LogP contribution is -2.28. The highest BCUT2D eigenvalue weighted by molar-refractivity contribution is 7.99. The molecule has 0 unspecified atom stereocenters. The van der Waals surface area contributed by atoms with Crippen molar-refractivity contribution in [3.63, 3.8) is 0 Å². The molecule has 0 bridgehead atoms. The van der Waals surface area contributed by atoms with Gasteiger partial charge in [0.05, 0.1) is 28.9 Å². The number of nitrogens with zero attached hydrogens (tertiary/aromatic N) is 5. The molecule has 3 aromatic carbocycles. The van der Waals surface area contributed by atoms with Crippen LogP contribution >= 0.6 is 23.1 Å². The highest BCUT2D eigenvalue weighted by Crippen LogP contribution is 2.35. The van der Waals surface area contributed by atoms with Crippen LogP contribution in [0.1, 0.15) is 39.1 Å². The normalized spacial score (nSPS) is 14.5. The minimum Gasteiger partial charge on any atom is -0.345 e. The molecule has 0 saturated heterocycles. The van der Waals surface area contributed by atoms with Crippen molar-refractivity contribution in [2.75, 3.05) is 5.75 Å². The molecular weight excluding hydrogens is 591 g/mol. The SMILES string of the molecule is O=C(NCc1nnc(SCC(=O)N2N=C(c3cccs3)C[C@@H]2c2ccc(F)cc2)n1-c1ccc(F)cc1)c1ccccc1. The summed E-state index contributed by atoms with van der Waals surface area (Å²) in [5.74, 6) is -0.910. The van der Waals surface area contributed by atoms with E-state index in [0.717, 1.165) is 27.9 Å². The number of nitrogens with one attached hydrogen (secondary N) is 1. The Morgan fingerprint density at radius 3 is 2.33 bits per heavy atom. The maximum Gasteiger partial charge on any atom is 0.253 e. The Kier molecular flexibility index (Phi) is 8.38.